The largest absolute Gasteiger partial charge is 0.435 e. The fourth-order valence-corrected chi connectivity index (χ4v) is 3.16. The molecule has 0 spiro atoms. The minimum atomic E-state index is -4.98. The number of anilines is 1. The number of hydrogen-bond donors (Lipinski definition) is 1. The lowest BCUT2D eigenvalue weighted by atomic mass is 10.2. The molecule has 0 radical (unpaired) electrons. The quantitative estimate of drug-likeness (QED) is 0.557. The Kier molecular flexibility index (Phi) is 5.54. The van der Waals surface area contributed by atoms with Gasteiger partial charge in [0.05, 0.1) is 27.5 Å². The van der Waals surface area contributed by atoms with Crippen LogP contribution in [0.4, 0.5) is 27.6 Å². The number of carbonyl (C=O) groups excluding carboxylic acids is 1. The summed E-state index contributed by atoms with van der Waals surface area (Å²) in [7, 11) is 1.29. The number of halogens is 7. The highest BCUT2D eigenvalue weighted by Gasteiger charge is 2.40. The first-order chi connectivity index (χ1) is 13.5. The number of nitrogens with zero attached hydrogens (tertiary/aromatic N) is 4. The maximum absolute atomic E-state index is 13.7. The van der Waals surface area contributed by atoms with E-state index < -0.39 is 41.1 Å². The van der Waals surface area contributed by atoms with Crippen molar-refractivity contribution in [3.63, 3.8) is 0 Å². The van der Waals surface area contributed by atoms with Crippen LogP contribution in [-0.4, -0.2) is 25.5 Å². The molecule has 6 nitrogen and oxygen atoms in total. The van der Waals surface area contributed by atoms with Crippen molar-refractivity contribution < 1.29 is 26.7 Å². The van der Waals surface area contributed by atoms with Gasteiger partial charge in [0.15, 0.2) is 5.69 Å². The number of amides is 1. The van der Waals surface area contributed by atoms with Crippen molar-refractivity contribution in [2.45, 2.75) is 12.6 Å². The Morgan fingerprint density at radius 2 is 1.83 bits per heavy atom. The summed E-state index contributed by atoms with van der Waals surface area (Å²) in [5.41, 5.74) is -3.83. The topological polar surface area (TPSA) is 64.7 Å². The van der Waals surface area contributed by atoms with Crippen LogP contribution in [-0.2, 0) is 13.2 Å². The van der Waals surface area contributed by atoms with Gasteiger partial charge in [0.25, 0.3) is 12.3 Å². The van der Waals surface area contributed by atoms with Crippen molar-refractivity contribution >= 4 is 34.8 Å². The lowest BCUT2D eigenvalue weighted by Crippen LogP contribution is -2.19. The molecule has 0 saturated carbocycles. The fourth-order valence-electron chi connectivity index (χ4n) is 2.61. The van der Waals surface area contributed by atoms with E-state index in [-0.39, 0.29) is 15.7 Å². The van der Waals surface area contributed by atoms with E-state index in [1.807, 2.05) is 5.32 Å². The number of benzene rings is 1. The molecule has 0 aliphatic rings. The molecule has 2 aromatic heterocycles. The third-order valence-electron chi connectivity index (χ3n) is 3.74. The Morgan fingerprint density at radius 1 is 1.21 bits per heavy atom. The maximum atomic E-state index is 13.7. The van der Waals surface area contributed by atoms with Crippen LogP contribution < -0.4 is 5.32 Å². The molecule has 13 heteroatoms. The smallest absolute Gasteiger partial charge is 0.319 e. The summed E-state index contributed by atoms with van der Waals surface area (Å²) in [6.07, 6.45) is -6.39. The molecule has 1 aromatic carbocycles. The highest BCUT2D eigenvalue weighted by atomic mass is 35.5. The van der Waals surface area contributed by atoms with E-state index >= 15 is 0 Å². The van der Waals surface area contributed by atoms with Crippen molar-refractivity contribution in [2.24, 2.45) is 7.05 Å². The molecule has 2 heterocycles. The molecule has 0 atom stereocenters. The summed E-state index contributed by atoms with van der Waals surface area (Å²) >= 11 is 11.9. The number of rotatable bonds is 4. The lowest BCUT2D eigenvalue weighted by Gasteiger charge is -2.15. The molecule has 0 aliphatic carbocycles. The average molecular weight is 454 g/mol. The molecule has 1 amide bonds. The summed E-state index contributed by atoms with van der Waals surface area (Å²) < 4.78 is 68.6. The van der Waals surface area contributed by atoms with Gasteiger partial charge in [0.2, 0.25) is 0 Å². The van der Waals surface area contributed by atoms with E-state index in [0.29, 0.717) is 4.68 Å². The molecular weight excluding hydrogens is 444 g/mol. The number of alkyl halides is 5. The van der Waals surface area contributed by atoms with Crippen LogP contribution in [0.25, 0.3) is 5.69 Å². The van der Waals surface area contributed by atoms with Gasteiger partial charge in [-0.1, -0.05) is 29.3 Å². The Morgan fingerprint density at radius 3 is 2.38 bits per heavy atom. The second kappa shape index (κ2) is 7.64. The Bertz CT molecular complexity index is 1060. The molecule has 0 bridgehead atoms. The van der Waals surface area contributed by atoms with Crippen molar-refractivity contribution in [2.75, 3.05) is 5.32 Å². The summed E-state index contributed by atoms with van der Waals surface area (Å²) in [5.74, 6) is -1.20. The molecule has 0 aliphatic heterocycles. The van der Waals surface area contributed by atoms with Crippen LogP contribution in [0.15, 0.2) is 30.6 Å². The van der Waals surface area contributed by atoms with Crippen molar-refractivity contribution in [1.82, 2.24) is 19.6 Å². The molecule has 3 rings (SSSR count). The van der Waals surface area contributed by atoms with Gasteiger partial charge in [0, 0.05) is 13.2 Å². The summed E-state index contributed by atoms with van der Waals surface area (Å²) in [6.45, 7) is 0. The SMILES string of the molecule is Cn1cc(C(=O)Nc2cnn(-c3c(Cl)cccc3Cl)c2C(F)(F)F)c(C(F)F)n1. The molecule has 0 unspecified atom stereocenters. The van der Waals surface area contributed by atoms with Crippen LogP contribution in [0.3, 0.4) is 0 Å². The third-order valence-corrected chi connectivity index (χ3v) is 4.35. The Balaban J connectivity index is 2.08. The van der Waals surface area contributed by atoms with Gasteiger partial charge in [-0.25, -0.2) is 13.5 Å². The predicted octanol–water partition coefficient (Wildman–Crippen LogP) is 5.12. The second-order valence-electron chi connectivity index (χ2n) is 5.74. The van der Waals surface area contributed by atoms with Crippen molar-refractivity contribution in [3.05, 3.63) is 57.6 Å². The molecule has 1 N–H and O–H groups in total. The van der Waals surface area contributed by atoms with Gasteiger partial charge in [0.1, 0.15) is 11.4 Å². The minimum absolute atomic E-state index is 0.115. The van der Waals surface area contributed by atoms with E-state index in [2.05, 4.69) is 10.2 Å². The van der Waals surface area contributed by atoms with Crippen LogP contribution >= 0.6 is 23.2 Å². The van der Waals surface area contributed by atoms with Crippen LogP contribution in [0.1, 0.15) is 28.2 Å². The monoisotopic (exact) mass is 453 g/mol. The number of nitrogens with one attached hydrogen (secondary N) is 1. The fraction of sp³-hybridized carbons (Fsp3) is 0.188. The Hall–Kier alpha value is -2.66. The third kappa shape index (κ3) is 4.06. The van der Waals surface area contributed by atoms with E-state index in [4.69, 9.17) is 23.2 Å². The first-order valence-corrected chi connectivity index (χ1v) is 8.49. The molecule has 29 heavy (non-hydrogen) atoms. The zero-order valence-electron chi connectivity index (χ0n) is 14.3. The molecule has 154 valence electrons. The summed E-state index contributed by atoms with van der Waals surface area (Å²) in [4.78, 5) is 12.4. The zero-order chi connectivity index (χ0) is 21.5. The molecule has 0 fully saturated rings. The van der Waals surface area contributed by atoms with E-state index in [1.54, 1.807) is 0 Å². The highest BCUT2D eigenvalue weighted by Crippen LogP contribution is 2.39. The van der Waals surface area contributed by atoms with Crippen molar-refractivity contribution in [1.29, 1.82) is 0 Å². The number of aromatic nitrogens is 4. The molecular formula is C16H10Cl2F5N5O. The average Bonchev–Trinajstić information content (AvgIpc) is 3.18. The molecule has 0 saturated heterocycles. The lowest BCUT2D eigenvalue weighted by molar-refractivity contribution is -0.142. The number of hydrogen-bond acceptors (Lipinski definition) is 3. The van der Waals surface area contributed by atoms with Crippen LogP contribution in [0.5, 0.6) is 0 Å². The van der Waals surface area contributed by atoms with Crippen LogP contribution in [0.2, 0.25) is 10.0 Å². The number of para-hydroxylation sites is 1. The Labute approximate surface area is 169 Å². The maximum Gasteiger partial charge on any atom is 0.435 e. The van der Waals surface area contributed by atoms with Crippen molar-refractivity contribution in [3.8, 4) is 5.69 Å². The zero-order valence-corrected chi connectivity index (χ0v) is 15.8. The van der Waals surface area contributed by atoms with E-state index in [0.717, 1.165) is 17.1 Å². The van der Waals surface area contributed by atoms with E-state index in [9.17, 15) is 26.7 Å². The van der Waals surface area contributed by atoms with Gasteiger partial charge in [-0.15, -0.1) is 0 Å². The van der Waals surface area contributed by atoms with Gasteiger partial charge >= 0.3 is 6.18 Å². The summed E-state index contributed by atoms with van der Waals surface area (Å²) in [5, 5.41) is 8.80. The minimum Gasteiger partial charge on any atom is -0.319 e. The second-order valence-corrected chi connectivity index (χ2v) is 6.56. The van der Waals surface area contributed by atoms with Gasteiger partial charge in [-0.2, -0.15) is 23.4 Å². The number of aryl methyl sites for hydroxylation is 1. The summed E-state index contributed by atoms with van der Waals surface area (Å²) in [6, 6.07) is 4.06. The standard InChI is InChI=1S/C16H10Cl2F5N5O/c1-27-6-7(11(26-27)14(19)20)15(29)25-10-5-24-28(13(10)16(21,22)23)12-8(17)3-2-4-9(12)18/h2-6,14H,1H3,(H,25,29). The van der Waals surface area contributed by atoms with Crippen LogP contribution in [0, 0.1) is 0 Å². The van der Waals surface area contributed by atoms with Gasteiger partial charge in [-0.05, 0) is 12.1 Å². The van der Waals surface area contributed by atoms with Gasteiger partial charge in [-0.3, -0.25) is 9.48 Å². The first-order valence-electron chi connectivity index (χ1n) is 7.73. The van der Waals surface area contributed by atoms with Gasteiger partial charge < -0.3 is 5.32 Å². The predicted molar refractivity (Wildman–Crippen MR) is 94.7 cm³/mol. The normalized spacial score (nSPS) is 11.9. The number of carbonyl (C=O) groups is 1. The first kappa shape index (κ1) is 21.1. The highest BCUT2D eigenvalue weighted by molar-refractivity contribution is 6.37. The molecule has 3 aromatic rings. The van der Waals surface area contributed by atoms with E-state index in [1.165, 1.54) is 25.2 Å².